The van der Waals surface area contributed by atoms with Gasteiger partial charge in [-0.1, -0.05) is 24.6 Å². The normalized spacial score (nSPS) is 21.1. The minimum absolute atomic E-state index is 0.205. The van der Waals surface area contributed by atoms with Crippen LogP contribution in [0.5, 0.6) is 5.75 Å². The Balaban J connectivity index is 1.98. The summed E-state index contributed by atoms with van der Waals surface area (Å²) in [4.78, 5) is 13.2. The van der Waals surface area contributed by atoms with Gasteiger partial charge in [-0.25, -0.2) is 0 Å². The number of phenolic OH excluding ortho intramolecular Hbond substituents is 1. The molecule has 116 valence electrons. The van der Waals surface area contributed by atoms with E-state index < -0.39 is 5.97 Å². The molecule has 1 saturated heterocycles. The second-order valence-electron chi connectivity index (χ2n) is 6.34. The van der Waals surface area contributed by atoms with Gasteiger partial charge < -0.3 is 10.2 Å². The van der Waals surface area contributed by atoms with E-state index in [9.17, 15) is 9.90 Å². The van der Waals surface area contributed by atoms with Crippen molar-refractivity contribution >= 4 is 5.97 Å². The number of rotatable bonds is 5. The van der Waals surface area contributed by atoms with Crippen LogP contribution in [0.2, 0.25) is 0 Å². The molecule has 0 radical (unpaired) electrons. The zero-order valence-corrected chi connectivity index (χ0v) is 12.9. The molecule has 4 nitrogen and oxygen atoms in total. The first-order chi connectivity index (χ1) is 9.95. The van der Waals surface area contributed by atoms with Gasteiger partial charge in [-0.2, -0.15) is 0 Å². The molecule has 0 bridgehead atoms. The fraction of sp³-hybridized carbons (Fsp3) is 0.588. The van der Waals surface area contributed by atoms with Crippen molar-refractivity contribution in [1.82, 2.24) is 4.90 Å². The van der Waals surface area contributed by atoms with Crippen molar-refractivity contribution < 1.29 is 15.0 Å². The van der Waals surface area contributed by atoms with Crippen LogP contribution < -0.4 is 0 Å². The van der Waals surface area contributed by atoms with Crippen LogP contribution in [0.15, 0.2) is 18.2 Å². The van der Waals surface area contributed by atoms with E-state index in [-0.39, 0.29) is 12.3 Å². The highest BCUT2D eigenvalue weighted by molar-refractivity contribution is 5.67. The Kier molecular flexibility index (Phi) is 5.23. The van der Waals surface area contributed by atoms with Crippen LogP contribution in [0.3, 0.4) is 0 Å². The zero-order chi connectivity index (χ0) is 15.4. The molecule has 0 saturated carbocycles. The fourth-order valence-electron chi connectivity index (χ4n) is 3.22. The van der Waals surface area contributed by atoms with Crippen molar-refractivity contribution in [3.8, 4) is 5.75 Å². The first-order valence-corrected chi connectivity index (χ1v) is 7.68. The molecular weight excluding hydrogens is 266 g/mol. The number of aryl methyl sites for hydroxylation is 1. The summed E-state index contributed by atoms with van der Waals surface area (Å²) in [6.45, 7) is 6.73. The number of piperidine rings is 1. The predicted molar refractivity (Wildman–Crippen MR) is 82.3 cm³/mol. The number of hydrogen-bond donors (Lipinski definition) is 2. The molecule has 0 spiro atoms. The number of likely N-dealkylation sites (tertiary alicyclic amines) is 1. The summed E-state index contributed by atoms with van der Waals surface area (Å²) in [7, 11) is 0. The summed E-state index contributed by atoms with van der Waals surface area (Å²) in [5, 5.41) is 18.9. The van der Waals surface area contributed by atoms with Gasteiger partial charge in [0.25, 0.3) is 0 Å². The second kappa shape index (κ2) is 6.94. The van der Waals surface area contributed by atoms with Crippen molar-refractivity contribution in [3.05, 3.63) is 29.3 Å². The van der Waals surface area contributed by atoms with Crippen molar-refractivity contribution in [2.45, 2.75) is 39.7 Å². The highest BCUT2D eigenvalue weighted by Crippen LogP contribution is 2.28. The first kappa shape index (κ1) is 15.8. The molecule has 1 aromatic carbocycles. The number of carboxylic acid groups (broad SMARTS) is 1. The average molecular weight is 291 g/mol. The SMILES string of the molecule is Cc1ccc(O)c(CN2CCCC(C(C)CC(=O)O)C2)c1. The number of aromatic hydroxyl groups is 1. The largest absolute Gasteiger partial charge is 0.508 e. The van der Waals surface area contributed by atoms with Gasteiger partial charge in [-0.05, 0) is 44.2 Å². The molecule has 1 aliphatic heterocycles. The first-order valence-electron chi connectivity index (χ1n) is 7.68. The number of carboxylic acids is 1. The molecule has 4 heteroatoms. The Bertz CT molecular complexity index is 501. The number of hydrogen-bond acceptors (Lipinski definition) is 3. The third-order valence-electron chi connectivity index (χ3n) is 4.47. The van der Waals surface area contributed by atoms with Gasteiger partial charge in [0.15, 0.2) is 0 Å². The highest BCUT2D eigenvalue weighted by atomic mass is 16.4. The maximum Gasteiger partial charge on any atom is 0.303 e. The maximum atomic E-state index is 10.9. The minimum atomic E-state index is -0.712. The molecule has 2 atom stereocenters. The van der Waals surface area contributed by atoms with Gasteiger partial charge in [0.2, 0.25) is 0 Å². The van der Waals surface area contributed by atoms with E-state index >= 15 is 0 Å². The van der Waals surface area contributed by atoms with Gasteiger partial charge in [0.05, 0.1) is 0 Å². The summed E-state index contributed by atoms with van der Waals surface area (Å²) in [5.41, 5.74) is 2.11. The van der Waals surface area contributed by atoms with Gasteiger partial charge in [0, 0.05) is 25.1 Å². The van der Waals surface area contributed by atoms with E-state index in [4.69, 9.17) is 5.11 Å². The number of nitrogens with zero attached hydrogens (tertiary/aromatic N) is 1. The Hall–Kier alpha value is -1.55. The van der Waals surface area contributed by atoms with E-state index in [1.54, 1.807) is 6.07 Å². The Morgan fingerprint density at radius 1 is 1.48 bits per heavy atom. The lowest BCUT2D eigenvalue weighted by Gasteiger charge is -2.35. The molecule has 1 aliphatic rings. The Morgan fingerprint density at radius 2 is 2.24 bits per heavy atom. The van der Waals surface area contributed by atoms with Crippen molar-refractivity contribution in [3.63, 3.8) is 0 Å². The van der Waals surface area contributed by atoms with Crippen molar-refractivity contribution in [2.24, 2.45) is 11.8 Å². The molecular formula is C17H25NO3. The molecule has 1 fully saturated rings. The Morgan fingerprint density at radius 3 is 2.95 bits per heavy atom. The summed E-state index contributed by atoms with van der Waals surface area (Å²) in [6.07, 6.45) is 2.44. The molecule has 0 aliphatic carbocycles. The zero-order valence-electron chi connectivity index (χ0n) is 12.9. The molecule has 2 rings (SSSR count). The van der Waals surface area contributed by atoms with Crippen molar-refractivity contribution in [2.75, 3.05) is 13.1 Å². The van der Waals surface area contributed by atoms with Crippen molar-refractivity contribution in [1.29, 1.82) is 0 Å². The standard InChI is InChI=1S/C17H25NO3/c1-12-5-6-16(19)15(8-12)11-18-7-3-4-14(10-18)13(2)9-17(20)21/h5-6,8,13-14,19H,3-4,7,9-11H2,1-2H3,(H,20,21). The fourth-order valence-corrected chi connectivity index (χ4v) is 3.22. The number of phenols is 1. The lowest BCUT2D eigenvalue weighted by Crippen LogP contribution is -2.37. The van der Waals surface area contributed by atoms with E-state index in [0.29, 0.717) is 11.7 Å². The minimum Gasteiger partial charge on any atom is -0.508 e. The van der Waals surface area contributed by atoms with Gasteiger partial charge in [0.1, 0.15) is 5.75 Å². The lowest BCUT2D eigenvalue weighted by atomic mass is 9.84. The monoisotopic (exact) mass is 291 g/mol. The topological polar surface area (TPSA) is 60.8 Å². The van der Waals surface area contributed by atoms with Crippen LogP contribution in [0.4, 0.5) is 0 Å². The van der Waals surface area contributed by atoms with Crippen LogP contribution in [0.1, 0.15) is 37.3 Å². The summed E-state index contributed by atoms with van der Waals surface area (Å²) in [6, 6.07) is 5.69. The molecule has 2 unspecified atom stereocenters. The highest BCUT2D eigenvalue weighted by Gasteiger charge is 2.26. The van der Waals surface area contributed by atoms with Crippen LogP contribution in [-0.2, 0) is 11.3 Å². The van der Waals surface area contributed by atoms with Crippen LogP contribution >= 0.6 is 0 Å². The molecule has 2 N–H and O–H groups in total. The maximum absolute atomic E-state index is 10.9. The van der Waals surface area contributed by atoms with Crippen LogP contribution in [-0.4, -0.2) is 34.2 Å². The lowest BCUT2D eigenvalue weighted by molar-refractivity contribution is -0.138. The third-order valence-corrected chi connectivity index (χ3v) is 4.47. The summed E-state index contributed by atoms with van der Waals surface area (Å²) >= 11 is 0. The van der Waals surface area contributed by atoms with Gasteiger partial charge in [-0.3, -0.25) is 9.69 Å². The molecule has 21 heavy (non-hydrogen) atoms. The van der Waals surface area contributed by atoms with E-state index in [0.717, 1.165) is 43.6 Å². The molecule has 1 heterocycles. The smallest absolute Gasteiger partial charge is 0.303 e. The quantitative estimate of drug-likeness (QED) is 0.875. The molecule has 0 amide bonds. The molecule has 0 aromatic heterocycles. The van der Waals surface area contributed by atoms with Gasteiger partial charge >= 0.3 is 5.97 Å². The molecule has 1 aromatic rings. The summed E-state index contributed by atoms with van der Waals surface area (Å²) < 4.78 is 0. The van der Waals surface area contributed by atoms with Gasteiger partial charge in [-0.15, -0.1) is 0 Å². The predicted octanol–water partition coefficient (Wildman–Crippen LogP) is 3.02. The average Bonchev–Trinajstić information content (AvgIpc) is 2.42. The van der Waals surface area contributed by atoms with Crippen LogP contribution in [0, 0.1) is 18.8 Å². The number of benzene rings is 1. The van der Waals surface area contributed by atoms with E-state index in [1.807, 2.05) is 26.0 Å². The second-order valence-corrected chi connectivity index (χ2v) is 6.34. The van der Waals surface area contributed by atoms with E-state index in [2.05, 4.69) is 4.90 Å². The van der Waals surface area contributed by atoms with E-state index in [1.165, 1.54) is 0 Å². The number of carbonyl (C=O) groups is 1. The van der Waals surface area contributed by atoms with Crippen LogP contribution in [0.25, 0.3) is 0 Å². The third kappa shape index (κ3) is 4.46. The Labute approximate surface area is 126 Å². The summed E-state index contributed by atoms with van der Waals surface area (Å²) in [5.74, 6) is 0.274. The number of aliphatic carboxylic acids is 1.